The van der Waals surface area contributed by atoms with Gasteiger partial charge in [-0.15, -0.1) is 0 Å². The van der Waals surface area contributed by atoms with Crippen molar-refractivity contribution >= 4 is 5.96 Å². The summed E-state index contributed by atoms with van der Waals surface area (Å²) < 4.78 is 0. The Morgan fingerprint density at radius 1 is 1.35 bits per heavy atom. The van der Waals surface area contributed by atoms with E-state index in [2.05, 4.69) is 42.9 Å². The first-order valence-corrected chi connectivity index (χ1v) is 6.74. The van der Waals surface area contributed by atoms with Crippen molar-refractivity contribution in [1.29, 1.82) is 0 Å². The molecule has 1 saturated heterocycles. The molecule has 17 heavy (non-hydrogen) atoms. The van der Waals surface area contributed by atoms with Crippen LogP contribution in [-0.4, -0.2) is 42.1 Å². The molecular weight excluding hydrogens is 212 g/mol. The first kappa shape index (κ1) is 14.3. The monoisotopic (exact) mass is 240 g/mol. The van der Waals surface area contributed by atoms with Crippen molar-refractivity contribution in [3.8, 4) is 0 Å². The zero-order valence-electron chi connectivity index (χ0n) is 11.8. The second-order valence-electron chi connectivity index (χ2n) is 5.91. The lowest BCUT2D eigenvalue weighted by Gasteiger charge is -2.26. The minimum Gasteiger partial charge on any atom is -0.370 e. The van der Waals surface area contributed by atoms with E-state index >= 15 is 0 Å². The maximum atomic E-state index is 5.88. The molecule has 3 N–H and O–H groups in total. The van der Waals surface area contributed by atoms with Crippen LogP contribution >= 0.6 is 0 Å². The second kappa shape index (κ2) is 6.24. The van der Waals surface area contributed by atoms with E-state index < -0.39 is 0 Å². The lowest BCUT2D eigenvalue weighted by Crippen LogP contribution is -2.45. The molecule has 1 atom stereocenters. The predicted octanol–water partition coefficient (Wildman–Crippen LogP) is 1.56. The highest BCUT2D eigenvalue weighted by Crippen LogP contribution is 2.14. The van der Waals surface area contributed by atoms with Crippen LogP contribution in [0.2, 0.25) is 0 Å². The Morgan fingerprint density at radius 2 is 1.94 bits per heavy atom. The van der Waals surface area contributed by atoms with E-state index in [1.54, 1.807) is 0 Å². The third-order valence-corrected chi connectivity index (χ3v) is 3.10. The summed E-state index contributed by atoms with van der Waals surface area (Å²) in [5.74, 6) is 0.565. The van der Waals surface area contributed by atoms with Crippen LogP contribution in [0.1, 0.15) is 47.0 Å². The zero-order chi connectivity index (χ0) is 12.9. The van der Waals surface area contributed by atoms with Gasteiger partial charge in [-0.1, -0.05) is 6.92 Å². The molecule has 1 aliphatic heterocycles. The lowest BCUT2D eigenvalue weighted by molar-refractivity contribution is 0.242. The summed E-state index contributed by atoms with van der Waals surface area (Å²) in [6.07, 6.45) is 3.80. The van der Waals surface area contributed by atoms with Crippen molar-refractivity contribution in [2.75, 3.05) is 19.6 Å². The smallest absolute Gasteiger partial charge is 0.189 e. The van der Waals surface area contributed by atoms with Crippen LogP contribution < -0.4 is 11.1 Å². The largest absolute Gasteiger partial charge is 0.370 e. The molecule has 1 unspecified atom stereocenters. The molecule has 0 aromatic rings. The highest BCUT2D eigenvalue weighted by Gasteiger charge is 2.20. The van der Waals surface area contributed by atoms with E-state index in [9.17, 15) is 0 Å². The van der Waals surface area contributed by atoms with Crippen LogP contribution in [0.5, 0.6) is 0 Å². The van der Waals surface area contributed by atoms with E-state index in [1.807, 2.05) is 0 Å². The molecule has 1 rings (SSSR count). The van der Waals surface area contributed by atoms with Crippen molar-refractivity contribution in [2.24, 2.45) is 10.7 Å². The van der Waals surface area contributed by atoms with Gasteiger partial charge in [0, 0.05) is 11.6 Å². The molecule has 0 amide bonds. The van der Waals surface area contributed by atoms with Gasteiger partial charge in [-0.2, -0.15) is 0 Å². The van der Waals surface area contributed by atoms with Crippen molar-refractivity contribution in [1.82, 2.24) is 10.2 Å². The van der Waals surface area contributed by atoms with E-state index in [0.717, 1.165) is 13.0 Å². The molecule has 0 aromatic heterocycles. The number of aliphatic imine (C=N–C) groups is 1. The van der Waals surface area contributed by atoms with Crippen molar-refractivity contribution in [2.45, 2.75) is 58.5 Å². The first-order valence-electron chi connectivity index (χ1n) is 6.74. The van der Waals surface area contributed by atoms with Crippen molar-refractivity contribution in [3.05, 3.63) is 0 Å². The number of hydrogen-bond acceptors (Lipinski definition) is 2. The molecule has 0 aromatic carbocycles. The Labute approximate surface area is 106 Å². The minimum absolute atomic E-state index is 0.0110. The topological polar surface area (TPSA) is 53.6 Å². The molecule has 1 aliphatic rings. The van der Waals surface area contributed by atoms with Crippen LogP contribution in [0.25, 0.3) is 0 Å². The third kappa shape index (κ3) is 5.39. The van der Waals surface area contributed by atoms with Crippen molar-refractivity contribution in [3.63, 3.8) is 0 Å². The number of guanidine groups is 1. The molecule has 100 valence electrons. The van der Waals surface area contributed by atoms with Gasteiger partial charge in [0.1, 0.15) is 0 Å². The van der Waals surface area contributed by atoms with Gasteiger partial charge in [0.2, 0.25) is 0 Å². The molecule has 4 nitrogen and oxygen atoms in total. The van der Waals surface area contributed by atoms with Gasteiger partial charge in [0.25, 0.3) is 0 Å². The average Bonchev–Trinajstić information content (AvgIpc) is 2.69. The SMILES string of the molecule is CCC(CN=C(N)NC(C)(C)C)N1CCCC1. The fraction of sp³-hybridized carbons (Fsp3) is 0.923. The quantitative estimate of drug-likeness (QED) is 0.579. The summed E-state index contributed by atoms with van der Waals surface area (Å²) in [7, 11) is 0. The normalized spacial score (nSPS) is 20.6. The number of likely N-dealkylation sites (tertiary alicyclic amines) is 1. The Balaban J connectivity index is 2.42. The Hall–Kier alpha value is -0.770. The van der Waals surface area contributed by atoms with Gasteiger partial charge >= 0.3 is 0 Å². The first-order chi connectivity index (χ1) is 7.92. The standard InChI is InChI=1S/C13H28N4/c1-5-11(17-8-6-7-9-17)10-15-12(14)16-13(2,3)4/h11H,5-10H2,1-4H3,(H3,14,15,16). The summed E-state index contributed by atoms with van der Waals surface area (Å²) in [6.45, 7) is 11.8. The summed E-state index contributed by atoms with van der Waals surface area (Å²) in [5, 5.41) is 3.20. The Kier molecular flexibility index (Phi) is 5.25. The number of nitrogens with two attached hydrogens (primary N) is 1. The number of nitrogens with zero attached hydrogens (tertiary/aromatic N) is 2. The summed E-state index contributed by atoms with van der Waals surface area (Å²) in [5.41, 5.74) is 5.87. The van der Waals surface area contributed by atoms with E-state index in [-0.39, 0.29) is 5.54 Å². The number of nitrogens with one attached hydrogen (secondary N) is 1. The lowest BCUT2D eigenvalue weighted by atomic mass is 10.1. The molecule has 0 saturated carbocycles. The van der Waals surface area contributed by atoms with Gasteiger partial charge in [0.15, 0.2) is 5.96 Å². The van der Waals surface area contributed by atoms with Gasteiger partial charge in [0.05, 0.1) is 6.54 Å². The summed E-state index contributed by atoms with van der Waals surface area (Å²) in [6, 6.07) is 0.554. The molecule has 1 heterocycles. The summed E-state index contributed by atoms with van der Waals surface area (Å²) >= 11 is 0. The molecule has 4 heteroatoms. The van der Waals surface area contributed by atoms with E-state index in [1.165, 1.54) is 25.9 Å². The maximum absolute atomic E-state index is 5.88. The van der Waals surface area contributed by atoms with Crippen LogP contribution in [-0.2, 0) is 0 Å². The highest BCUT2D eigenvalue weighted by atomic mass is 15.2. The molecule has 0 aliphatic carbocycles. The second-order valence-corrected chi connectivity index (χ2v) is 5.91. The van der Waals surface area contributed by atoms with E-state index in [0.29, 0.717) is 12.0 Å². The molecule has 1 fully saturated rings. The van der Waals surface area contributed by atoms with Crippen LogP contribution in [0, 0.1) is 0 Å². The number of rotatable bonds is 4. The molecular formula is C13H28N4. The van der Waals surface area contributed by atoms with Crippen LogP contribution in [0.4, 0.5) is 0 Å². The zero-order valence-corrected chi connectivity index (χ0v) is 11.8. The molecule has 0 radical (unpaired) electrons. The number of hydrogen-bond donors (Lipinski definition) is 2. The van der Waals surface area contributed by atoms with Gasteiger partial charge in [-0.05, 0) is 53.1 Å². The van der Waals surface area contributed by atoms with Crippen molar-refractivity contribution < 1.29 is 0 Å². The molecule has 0 bridgehead atoms. The van der Waals surface area contributed by atoms with Crippen LogP contribution in [0.3, 0.4) is 0 Å². The average molecular weight is 240 g/mol. The fourth-order valence-electron chi connectivity index (χ4n) is 2.24. The van der Waals surface area contributed by atoms with Crippen LogP contribution in [0.15, 0.2) is 4.99 Å². The third-order valence-electron chi connectivity index (χ3n) is 3.10. The summed E-state index contributed by atoms with van der Waals surface area (Å²) in [4.78, 5) is 7.00. The van der Waals surface area contributed by atoms with E-state index in [4.69, 9.17) is 5.73 Å². The fourth-order valence-corrected chi connectivity index (χ4v) is 2.24. The minimum atomic E-state index is -0.0110. The predicted molar refractivity (Wildman–Crippen MR) is 74.3 cm³/mol. The Bertz CT molecular complexity index is 249. The van der Waals surface area contributed by atoms with Gasteiger partial charge < -0.3 is 11.1 Å². The molecule has 0 spiro atoms. The Morgan fingerprint density at radius 3 is 2.41 bits per heavy atom. The van der Waals surface area contributed by atoms with Gasteiger partial charge in [-0.3, -0.25) is 9.89 Å². The highest BCUT2D eigenvalue weighted by molar-refractivity contribution is 5.78. The maximum Gasteiger partial charge on any atom is 0.189 e. The van der Waals surface area contributed by atoms with Gasteiger partial charge in [-0.25, -0.2) is 0 Å².